The zero-order valence-corrected chi connectivity index (χ0v) is 17.0. The molecule has 4 rings (SSSR count). The van der Waals surface area contributed by atoms with Gasteiger partial charge >= 0.3 is 0 Å². The number of hydrogen-bond donors (Lipinski definition) is 1. The summed E-state index contributed by atoms with van der Waals surface area (Å²) in [6.07, 6.45) is 0.714. The summed E-state index contributed by atoms with van der Waals surface area (Å²) in [7, 11) is 0. The lowest BCUT2D eigenvalue weighted by molar-refractivity contribution is -0.117. The smallest absolute Gasteiger partial charge is 0.265 e. The fourth-order valence-corrected chi connectivity index (χ4v) is 3.73. The van der Waals surface area contributed by atoms with Crippen molar-refractivity contribution in [1.82, 2.24) is 9.55 Å². The summed E-state index contributed by atoms with van der Waals surface area (Å²) >= 11 is 0. The Bertz CT molecular complexity index is 1250. The highest BCUT2D eigenvalue weighted by Gasteiger charge is 2.18. The molecule has 1 aromatic heterocycles. The molecule has 0 saturated carbocycles. The first-order valence-corrected chi connectivity index (χ1v) is 10.0. The summed E-state index contributed by atoms with van der Waals surface area (Å²) in [6, 6.07) is 24.4. The summed E-state index contributed by atoms with van der Waals surface area (Å²) in [5, 5.41) is 3.56. The molecule has 3 aromatic carbocycles. The number of aryl methyl sites for hydroxylation is 1. The van der Waals surface area contributed by atoms with E-state index < -0.39 is 0 Å². The van der Waals surface area contributed by atoms with Gasteiger partial charge in [0.15, 0.2) is 0 Å². The van der Waals surface area contributed by atoms with Crippen LogP contribution in [0.25, 0.3) is 16.6 Å². The van der Waals surface area contributed by atoms with Gasteiger partial charge in [0.2, 0.25) is 5.91 Å². The first-order valence-electron chi connectivity index (χ1n) is 10.0. The number of rotatable bonds is 5. The molecule has 1 N–H and O–H groups in total. The predicted molar refractivity (Wildman–Crippen MR) is 120 cm³/mol. The lowest BCUT2D eigenvalue weighted by atomic mass is 9.95. The second-order valence-corrected chi connectivity index (χ2v) is 7.22. The van der Waals surface area contributed by atoms with Crippen molar-refractivity contribution in [3.05, 3.63) is 101 Å². The van der Waals surface area contributed by atoms with E-state index in [9.17, 15) is 9.59 Å². The van der Waals surface area contributed by atoms with Crippen LogP contribution in [0.5, 0.6) is 0 Å². The summed E-state index contributed by atoms with van der Waals surface area (Å²) < 4.78 is 1.59. The number of aromatic nitrogens is 2. The van der Waals surface area contributed by atoms with Crippen molar-refractivity contribution in [1.29, 1.82) is 0 Å². The van der Waals surface area contributed by atoms with Crippen molar-refractivity contribution in [2.24, 2.45) is 0 Å². The maximum absolute atomic E-state index is 13.0. The molecule has 30 heavy (non-hydrogen) atoms. The fourth-order valence-electron chi connectivity index (χ4n) is 3.73. The highest BCUT2D eigenvalue weighted by Crippen LogP contribution is 2.22. The van der Waals surface area contributed by atoms with Gasteiger partial charge in [-0.15, -0.1) is 0 Å². The van der Waals surface area contributed by atoms with Gasteiger partial charge < -0.3 is 5.32 Å². The average Bonchev–Trinajstić information content (AvgIpc) is 2.76. The molecule has 5 heteroatoms. The van der Waals surface area contributed by atoms with E-state index >= 15 is 0 Å². The Balaban J connectivity index is 1.60. The van der Waals surface area contributed by atoms with Crippen LogP contribution >= 0.6 is 0 Å². The normalized spacial score (nSPS) is 11.9. The monoisotopic (exact) mass is 397 g/mol. The van der Waals surface area contributed by atoms with Gasteiger partial charge in [-0.25, -0.2) is 4.98 Å². The molecule has 0 fully saturated rings. The first-order chi connectivity index (χ1) is 14.6. The summed E-state index contributed by atoms with van der Waals surface area (Å²) in [6.45, 7) is 3.82. The molecular weight excluding hydrogens is 374 g/mol. The van der Waals surface area contributed by atoms with E-state index in [0.29, 0.717) is 34.5 Å². The Morgan fingerprint density at radius 1 is 0.967 bits per heavy atom. The minimum Gasteiger partial charge on any atom is -0.326 e. The van der Waals surface area contributed by atoms with E-state index in [2.05, 4.69) is 10.3 Å². The van der Waals surface area contributed by atoms with Gasteiger partial charge in [-0.2, -0.15) is 0 Å². The van der Waals surface area contributed by atoms with Gasteiger partial charge in [0, 0.05) is 5.69 Å². The third-order valence-corrected chi connectivity index (χ3v) is 5.26. The van der Waals surface area contributed by atoms with Crippen LogP contribution in [0.1, 0.15) is 30.7 Å². The number of anilines is 1. The van der Waals surface area contributed by atoms with Crippen LogP contribution in [-0.4, -0.2) is 15.5 Å². The number of amides is 1. The first kappa shape index (κ1) is 19.6. The maximum Gasteiger partial charge on any atom is 0.265 e. The molecule has 150 valence electrons. The van der Waals surface area contributed by atoms with Gasteiger partial charge in [0.25, 0.3) is 5.56 Å². The van der Waals surface area contributed by atoms with Crippen LogP contribution in [0.15, 0.2) is 83.7 Å². The minimum atomic E-state index is -0.208. The molecule has 1 heterocycles. The summed E-state index contributed by atoms with van der Waals surface area (Å²) in [5.74, 6) is 0.364. The number of benzene rings is 3. The highest BCUT2D eigenvalue weighted by molar-refractivity contribution is 5.95. The molecule has 0 spiro atoms. The molecule has 0 aliphatic carbocycles. The summed E-state index contributed by atoms with van der Waals surface area (Å²) in [5.41, 5.74) is 2.98. The van der Waals surface area contributed by atoms with Crippen molar-refractivity contribution in [3.63, 3.8) is 0 Å². The molecular formula is C25H23N3O2. The Hall–Kier alpha value is -3.73. The molecule has 1 atom stereocenters. The van der Waals surface area contributed by atoms with Gasteiger partial charge in [-0.1, -0.05) is 49.4 Å². The van der Waals surface area contributed by atoms with Gasteiger partial charge in [0.05, 0.1) is 22.5 Å². The zero-order chi connectivity index (χ0) is 21.1. The lowest BCUT2D eigenvalue weighted by Gasteiger charge is -2.16. The molecule has 0 aliphatic heterocycles. The van der Waals surface area contributed by atoms with E-state index in [1.54, 1.807) is 10.6 Å². The fraction of sp³-hybridized carbons (Fsp3) is 0.160. The van der Waals surface area contributed by atoms with E-state index in [-0.39, 0.29) is 17.4 Å². The van der Waals surface area contributed by atoms with Gasteiger partial charge in [0.1, 0.15) is 5.82 Å². The number of fused-ring (bicyclic) bond motifs is 1. The second-order valence-electron chi connectivity index (χ2n) is 7.22. The number of para-hydroxylation sites is 1. The van der Waals surface area contributed by atoms with Crippen molar-refractivity contribution in [2.75, 3.05) is 5.32 Å². The predicted octanol–water partition coefficient (Wildman–Crippen LogP) is 4.83. The maximum atomic E-state index is 13.0. The van der Waals surface area contributed by atoms with Crippen LogP contribution in [0.3, 0.4) is 0 Å². The molecule has 1 amide bonds. The van der Waals surface area contributed by atoms with Crippen molar-refractivity contribution in [2.45, 2.75) is 26.2 Å². The van der Waals surface area contributed by atoms with Crippen LogP contribution < -0.4 is 10.9 Å². The molecule has 1 unspecified atom stereocenters. The Morgan fingerprint density at radius 3 is 2.33 bits per heavy atom. The van der Waals surface area contributed by atoms with E-state index in [1.165, 1.54) is 0 Å². The van der Waals surface area contributed by atoms with Crippen LogP contribution in [0, 0.1) is 6.92 Å². The Morgan fingerprint density at radius 2 is 1.63 bits per heavy atom. The molecule has 0 aliphatic rings. The van der Waals surface area contributed by atoms with E-state index in [0.717, 1.165) is 5.56 Å². The summed E-state index contributed by atoms with van der Waals surface area (Å²) in [4.78, 5) is 30.3. The molecule has 0 saturated heterocycles. The van der Waals surface area contributed by atoms with Crippen molar-refractivity contribution < 1.29 is 4.79 Å². The van der Waals surface area contributed by atoms with Crippen molar-refractivity contribution >= 4 is 22.5 Å². The zero-order valence-electron chi connectivity index (χ0n) is 17.0. The average molecular weight is 397 g/mol. The number of nitrogens with one attached hydrogen (secondary N) is 1. The topological polar surface area (TPSA) is 64.0 Å². The van der Waals surface area contributed by atoms with Gasteiger partial charge in [-0.3, -0.25) is 14.2 Å². The van der Waals surface area contributed by atoms with E-state index in [4.69, 9.17) is 0 Å². The second kappa shape index (κ2) is 8.33. The molecule has 0 radical (unpaired) electrons. The number of carbonyl (C=O) groups excluding carboxylic acids is 1. The number of carbonyl (C=O) groups is 1. The van der Waals surface area contributed by atoms with Crippen LogP contribution in [0.2, 0.25) is 0 Å². The third kappa shape index (κ3) is 3.74. The Kier molecular flexibility index (Phi) is 5.44. The SMILES string of the molecule is CCC(C(=O)Nc1ccc(-n2c(C)nc3ccccc3c2=O)cc1)c1ccccc1. The van der Waals surface area contributed by atoms with Crippen molar-refractivity contribution in [3.8, 4) is 5.69 Å². The van der Waals surface area contributed by atoms with Crippen LogP contribution in [-0.2, 0) is 4.79 Å². The molecule has 4 aromatic rings. The van der Waals surface area contributed by atoms with E-state index in [1.807, 2.05) is 86.6 Å². The van der Waals surface area contributed by atoms with Gasteiger partial charge in [-0.05, 0) is 55.3 Å². The minimum absolute atomic E-state index is 0.0443. The highest BCUT2D eigenvalue weighted by atomic mass is 16.2. The Labute approximate surface area is 175 Å². The third-order valence-electron chi connectivity index (χ3n) is 5.26. The number of hydrogen-bond acceptors (Lipinski definition) is 3. The number of nitrogens with zero attached hydrogens (tertiary/aromatic N) is 2. The lowest BCUT2D eigenvalue weighted by Crippen LogP contribution is -2.22. The quantitative estimate of drug-likeness (QED) is 0.525. The molecule has 0 bridgehead atoms. The molecule has 5 nitrogen and oxygen atoms in total. The largest absolute Gasteiger partial charge is 0.326 e. The standard InChI is InChI=1S/C25H23N3O2/c1-3-21(18-9-5-4-6-10-18)24(29)27-19-13-15-20(16-14-19)28-17(2)26-23-12-8-7-11-22(23)25(28)30/h4-16,21H,3H2,1-2H3,(H,27,29). The van der Waals surface area contributed by atoms with Crippen LogP contribution in [0.4, 0.5) is 5.69 Å².